The normalized spacial score (nSPS) is 16.2. The van der Waals surface area contributed by atoms with Gasteiger partial charge in [-0.1, -0.05) is 12.1 Å². The lowest BCUT2D eigenvalue weighted by Crippen LogP contribution is -2.44. The summed E-state index contributed by atoms with van der Waals surface area (Å²) in [6, 6.07) is 11.0. The van der Waals surface area contributed by atoms with Crippen molar-refractivity contribution in [1.82, 2.24) is 0 Å². The molecule has 0 aliphatic carbocycles. The van der Waals surface area contributed by atoms with Crippen LogP contribution in [0.1, 0.15) is 19.4 Å². The van der Waals surface area contributed by atoms with E-state index in [-0.39, 0.29) is 24.1 Å². The van der Waals surface area contributed by atoms with E-state index in [1.165, 1.54) is 12.1 Å². The summed E-state index contributed by atoms with van der Waals surface area (Å²) >= 11 is 0. The van der Waals surface area contributed by atoms with E-state index in [0.29, 0.717) is 23.7 Å². The first-order valence-electron chi connectivity index (χ1n) is 8.14. The number of likely N-dealkylation sites (N-methyl/N-ethyl adjacent to an activating group) is 1. The van der Waals surface area contributed by atoms with Crippen LogP contribution in [0.5, 0.6) is 5.75 Å². The maximum Gasteiger partial charge on any atom is 0.267 e. The van der Waals surface area contributed by atoms with E-state index in [4.69, 9.17) is 4.74 Å². The van der Waals surface area contributed by atoms with E-state index in [0.717, 1.165) is 5.56 Å². The fourth-order valence-electron chi connectivity index (χ4n) is 2.80. The molecule has 2 aromatic rings. The Morgan fingerprint density at radius 3 is 2.64 bits per heavy atom. The van der Waals surface area contributed by atoms with Crippen LogP contribution in [-0.4, -0.2) is 24.5 Å². The number of fused-ring (bicyclic) bond motifs is 1. The van der Waals surface area contributed by atoms with Crippen molar-refractivity contribution >= 4 is 23.2 Å². The van der Waals surface area contributed by atoms with Crippen molar-refractivity contribution < 1.29 is 18.7 Å². The van der Waals surface area contributed by atoms with Gasteiger partial charge in [0.25, 0.3) is 5.91 Å². The molecule has 1 heterocycles. The molecule has 1 unspecified atom stereocenters. The monoisotopic (exact) mass is 342 g/mol. The Morgan fingerprint density at radius 2 is 1.96 bits per heavy atom. The number of benzene rings is 2. The summed E-state index contributed by atoms with van der Waals surface area (Å²) in [7, 11) is 0. The van der Waals surface area contributed by atoms with Crippen LogP contribution in [0.4, 0.5) is 15.8 Å². The van der Waals surface area contributed by atoms with Gasteiger partial charge in [-0.25, -0.2) is 4.39 Å². The van der Waals surface area contributed by atoms with E-state index in [2.05, 4.69) is 5.32 Å². The van der Waals surface area contributed by atoms with E-state index >= 15 is 0 Å². The van der Waals surface area contributed by atoms with E-state index in [9.17, 15) is 14.0 Å². The quantitative estimate of drug-likeness (QED) is 0.929. The molecule has 0 aromatic heterocycles. The van der Waals surface area contributed by atoms with Crippen molar-refractivity contribution in [3.8, 4) is 5.75 Å². The first kappa shape index (κ1) is 17.0. The van der Waals surface area contributed by atoms with Crippen molar-refractivity contribution in [2.45, 2.75) is 26.4 Å². The van der Waals surface area contributed by atoms with Gasteiger partial charge in [0.1, 0.15) is 11.6 Å². The van der Waals surface area contributed by atoms with Gasteiger partial charge in [0.05, 0.1) is 12.1 Å². The van der Waals surface area contributed by atoms with Crippen LogP contribution in [0.15, 0.2) is 42.5 Å². The Morgan fingerprint density at radius 1 is 1.24 bits per heavy atom. The Balaban J connectivity index is 1.75. The van der Waals surface area contributed by atoms with Gasteiger partial charge in [-0.2, -0.15) is 0 Å². The highest BCUT2D eigenvalue weighted by Gasteiger charge is 2.30. The molecule has 0 fully saturated rings. The summed E-state index contributed by atoms with van der Waals surface area (Å²) < 4.78 is 18.5. The first-order chi connectivity index (χ1) is 12.0. The maximum atomic E-state index is 12.9. The summed E-state index contributed by atoms with van der Waals surface area (Å²) in [4.78, 5) is 26.0. The zero-order valence-corrected chi connectivity index (χ0v) is 14.1. The largest absolute Gasteiger partial charge is 0.479 e. The number of amides is 2. The lowest BCUT2D eigenvalue weighted by atomic mass is 10.1. The minimum atomic E-state index is -0.522. The first-order valence-corrected chi connectivity index (χ1v) is 8.14. The summed E-state index contributed by atoms with van der Waals surface area (Å²) in [5, 5.41) is 2.80. The number of anilines is 2. The van der Waals surface area contributed by atoms with Gasteiger partial charge in [-0.15, -0.1) is 0 Å². The van der Waals surface area contributed by atoms with Crippen LogP contribution in [0.2, 0.25) is 0 Å². The van der Waals surface area contributed by atoms with E-state index in [1.54, 1.807) is 42.2 Å². The topological polar surface area (TPSA) is 58.6 Å². The van der Waals surface area contributed by atoms with Gasteiger partial charge < -0.3 is 15.0 Å². The summed E-state index contributed by atoms with van der Waals surface area (Å²) in [5.74, 6) is -0.0429. The Hall–Kier alpha value is -2.89. The summed E-state index contributed by atoms with van der Waals surface area (Å²) in [6.07, 6.45) is -0.382. The molecule has 25 heavy (non-hydrogen) atoms. The minimum absolute atomic E-state index is 0.107. The number of carbonyl (C=O) groups excluding carboxylic acids is 2. The van der Waals surface area contributed by atoms with Crippen molar-refractivity contribution in [1.29, 1.82) is 0 Å². The number of halogens is 1. The lowest BCUT2D eigenvalue weighted by molar-refractivity contribution is -0.125. The predicted octanol–water partition coefficient (Wildman–Crippen LogP) is 3.14. The van der Waals surface area contributed by atoms with Crippen LogP contribution in [-0.2, 0) is 16.0 Å². The summed E-state index contributed by atoms with van der Waals surface area (Å²) in [6.45, 7) is 4.12. The fraction of sp³-hybridized carbons (Fsp3) is 0.263. The molecular formula is C19H19FN2O3. The Kier molecular flexibility index (Phi) is 4.70. The number of nitrogens with one attached hydrogen (secondary N) is 1. The molecule has 130 valence electrons. The van der Waals surface area contributed by atoms with Crippen molar-refractivity contribution in [3.05, 3.63) is 53.8 Å². The van der Waals surface area contributed by atoms with Gasteiger partial charge in [0, 0.05) is 12.2 Å². The molecule has 3 rings (SSSR count). The zero-order chi connectivity index (χ0) is 18.0. The number of hydrogen-bond acceptors (Lipinski definition) is 3. The molecule has 1 N–H and O–H groups in total. The smallest absolute Gasteiger partial charge is 0.267 e. The van der Waals surface area contributed by atoms with Crippen LogP contribution < -0.4 is 15.0 Å². The average Bonchev–Trinajstić information content (AvgIpc) is 2.58. The predicted molar refractivity (Wildman–Crippen MR) is 93.3 cm³/mol. The van der Waals surface area contributed by atoms with Crippen LogP contribution in [0.3, 0.4) is 0 Å². The van der Waals surface area contributed by atoms with Crippen molar-refractivity contribution in [3.63, 3.8) is 0 Å². The molecule has 5 nitrogen and oxygen atoms in total. The minimum Gasteiger partial charge on any atom is -0.479 e. The van der Waals surface area contributed by atoms with Crippen molar-refractivity contribution in [2.24, 2.45) is 0 Å². The van der Waals surface area contributed by atoms with Gasteiger partial charge in [0.15, 0.2) is 6.10 Å². The highest BCUT2D eigenvalue weighted by Crippen LogP contribution is 2.36. The molecule has 2 aromatic carbocycles. The molecule has 1 aliphatic rings. The van der Waals surface area contributed by atoms with Crippen LogP contribution in [0.25, 0.3) is 0 Å². The van der Waals surface area contributed by atoms with E-state index < -0.39 is 6.10 Å². The molecule has 2 amide bonds. The number of hydrogen-bond donors (Lipinski definition) is 1. The molecule has 1 aliphatic heterocycles. The second-order valence-corrected chi connectivity index (χ2v) is 5.88. The second-order valence-electron chi connectivity index (χ2n) is 5.88. The third-order valence-corrected chi connectivity index (χ3v) is 4.05. The Labute approximate surface area is 145 Å². The molecule has 0 bridgehead atoms. The van der Waals surface area contributed by atoms with Crippen LogP contribution >= 0.6 is 0 Å². The molecular weight excluding hydrogens is 323 g/mol. The lowest BCUT2D eigenvalue weighted by Gasteiger charge is -2.32. The molecule has 0 radical (unpaired) electrons. The second kappa shape index (κ2) is 6.93. The van der Waals surface area contributed by atoms with E-state index in [1.807, 2.05) is 6.92 Å². The van der Waals surface area contributed by atoms with Gasteiger partial charge in [-0.05, 0) is 49.7 Å². The average molecular weight is 342 g/mol. The van der Waals surface area contributed by atoms with Gasteiger partial charge >= 0.3 is 0 Å². The highest BCUT2D eigenvalue weighted by molar-refractivity contribution is 6.01. The summed E-state index contributed by atoms with van der Waals surface area (Å²) in [5.41, 5.74) is 1.94. The number of carbonyl (C=O) groups is 2. The molecule has 6 heteroatoms. The SMILES string of the molecule is CCN1C(=O)C(C)Oc2ccc(NC(=O)Cc3ccc(F)cc3)cc21. The number of ether oxygens (including phenoxy) is 1. The van der Waals surface area contributed by atoms with Gasteiger partial charge in [-0.3, -0.25) is 9.59 Å². The highest BCUT2D eigenvalue weighted by atomic mass is 19.1. The Bertz CT molecular complexity index is 805. The van der Waals surface area contributed by atoms with Crippen molar-refractivity contribution in [2.75, 3.05) is 16.8 Å². The van der Waals surface area contributed by atoms with Gasteiger partial charge in [0.2, 0.25) is 5.91 Å². The third-order valence-electron chi connectivity index (χ3n) is 4.05. The third kappa shape index (κ3) is 3.63. The molecule has 0 saturated carbocycles. The maximum absolute atomic E-state index is 12.9. The number of nitrogens with zero attached hydrogens (tertiary/aromatic N) is 1. The standard InChI is InChI=1S/C19H19FN2O3/c1-3-22-16-11-15(8-9-17(16)25-12(2)19(22)24)21-18(23)10-13-4-6-14(20)7-5-13/h4-9,11-12H,3,10H2,1-2H3,(H,21,23). The molecule has 1 atom stereocenters. The zero-order valence-electron chi connectivity index (χ0n) is 14.1. The van der Waals surface area contributed by atoms with Crippen LogP contribution in [0, 0.1) is 5.82 Å². The molecule has 0 spiro atoms. The molecule has 0 saturated heterocycles. The number of rotatable bonds is 4. The fourth-order valence-corrected chi connectivity index (χ4v) is 2.80.